The van der Waals surface area contributed by atoms with Gasteiger partial charge in [-0.05, 0) is 61.2 Å². The molecular formula is C22H26N4O2S. The first-order valence-corrected chi connectivity index (χ1v) is 9.72. The van der Waals surface area contributed by atoms with Gasteiger partial charge < -0.3 is 14.0 Å². The minimum absolute atomic E-state index is 0.508. The molecule has 0 spiro atoms. The highest BCUT2D eigenvalue weighted by Gasteiger charge is 2.12. The predicted octanol–water partition coefficient (Wildman–Crippen LogP) is 4.28. The number of ether oxygens (including phenoxy) is 2. The zero-order valence-electron chi connectivity index (χ0n) is 17.0. The zero-order chi connectivity index (χ0) is 20.8. The van der Waals surface area contributed by atoms with E-state index in [0.29, 0.717) is 18.0 Å². The molecular weight excluding hydrogens is 384 g/mol. The number of aromatic nitrogens is 3. The van der Waals surface area contributed by atoms with Crippen LogP contribution in [-0.2, 0) is 20.3 Å². The molecule has 0 aliphatic rings. The van der Waals surface area contributed by atoms with Gasteiger partial charge in [-0.2, -0.15) is 5.10 Å². The number of benzene rings is 2. The Labute approximate surface area is 176 Å². The molecule has 1 heterocycles. The fourth-order valence-electron chi connectivity index (χ4n) is 3.01. The summed E-state index contributed by atoms with van der Waals surface area (Å²) in [6.07, 6.45) is 1.73. The summed E-state index contributed by atoms with van der Waals surface area (Å²) in [5, 5.41) is 4.73. The van der Waals surface area contributed by atoms with Crippen LogP contribution in [0, 0.1) is 4.77 Å². The number of rotatable bonds is 9. The lowest BCUT2D eigenvalue weighted by Crippen LogP contribution is -2.22. The zero-order valence-corrected chi connectivity index (χ0v) is 17.9. The van der Waals surface area contributed by atoms with Crippen LogP contribution in [0.5, 0.6) is 11.5 Å². The van der Waals surface area contributed by atoms with E-state index < -0.39 is 0 Å². The monoisotopic (exact) mass is 410 g/mol. The molecule has 0 aliphatic carbocycles. The number of nitrogens with zero attached hydrogens (tertiary/aromatic N) is 4. The first-order valence-electron chi connectivity index (χ1n) is 9.31. The molecule has 2 aromatic carbocycles. The van der Waals surface area contributed by atoms with Crippen molar-refractivity contribution in [1.82, 2.24) is 19.2 Å². The van der Waals surface area contributed by atoms with Gasteiger partial charge in [0.1, 0.15) is 18.1 Å². The van der Waals surface area contributed by atoms with Crippen LogP contribution in [0.4, 0.5) is 0 Å². The van der Waals surface area contributed by atoms with Crippen molar-refractivity contribution in [2.24, 2.45) is 7.05 Å². The van der Waals surface area contributed by atoms with E-state index in [2.05, 4.69) is 23.6 Å². The van der Waals surface area contributed by atoms with E-state index in [1.54, 1.807) is 13.2 Å². The third-order valence-corrected chi connectivity index (χ3v) is 4.99. The summed E-state index contributed by atoms with van der Waals surface area (Å²) in [6, 6.07) is 15.9. The highest BCUT2D eigenvalue weighted by atomic mass is 32.1. The molecule has 0 saturated carbocycles. The minimum Gasteiger partial charge on any atom is -0.497 e. The molecule has 0 amide bonds. The van der Waals surface area contributed by atoms with Crippen LogP contribution in [0.25, 0.3) is 11.4 Å². The van der Waals surface area contributed by atoms with Crippen LogP contribution in [0.15, 0.2) is 61.2 Å². The lowest BCUT2D eigenvalue weighted by molar-refractivity contribution is 0.244. The SMILES string of the molecule is C=CCOc1ccc(CN(C)Cn2nc(-c3ccc(OC)cc3)n(C)c2=S)cc1. The van der Waals surface area contributed by atoms with Crippen LogP contribution < -0.4 is 9.47 Å². The lowest BCUT2D eigenvalue weighted by Gasteiger charge is -2.16. The Hall–Kier alpha value is -2.90. The van der Waals surface area contributed by atoms with Gasteiger partial charge in [-0.1, -0.05) is 24.8 Å². The van der Waals surface area contributed by atoms with Gasteiger partial charge in [0.25, 0.3) is 0 Å². The molecule has 7 heteroatoms. The first-order chi connectivity index (χ1) is 14.0. The van der Waals surface area contributed by atoms with Crippen molar-refractivity contribution in [3.05, 3.63) is 71.5 Å². The fraction of sp³-hybridized carbons (Fsp3) is 0.273. The van der Waals surface area contributed by atoms with Gasteiger partial charge in [-0.3, -0.25) is 4.90 Å². The standard InChI is InChI=1S/C22H26N4O2S/c1-5-14-28-20-10-6-17(7-11-20)15-24(2)16-26-22(29)25(3)21(23-26)18-8-12-19(27-4)13-9-18/h5-13H,1,14-16H2,2-4H3. The van der Waals surface area contributed by atoms with E-state index in [-0.39, 0.29) is 0 Å². The molecule has 0 radical (unpaired) electrons. The Bertz CT molecular complexity index is 1010. The van der Waals surface area contributed by atoms with Crippen LogP contribution in [0.1, 0.15) is 5.56 Å². The normalized spacial score (nSPS) is 10.9. The third kappa shape index (κ3) is 5.13. The number of hydrogen-bond donors (Lipinski definition) is 0. The molecule has 6 nitrogen and oxygen atoms in total. The summed E-state index contributed by atoms with van der Waals surface area (Å²) in [5.41, 5.74) is 2.19. The van der Waals surface area contributed by atoms with Gasteiger partial charge in [0.05, 0.1) is 13.8 Å². The second-order valence-electron chi connectivity index (χ2n) is 6.79. The Morgan fingerprint density at radius 3 is 2.38 bits per heavy atom. The van der Waals surface area contributed by atoms with Gasteiger partial charge in [-0.15, -0.1) is 0 Å². The number of methoxy groups -OCH3 is 1. The second kappa shape index (κ2) is 9.54. The predicted molar refractivity (Wildman–Crippen MR) is 118 cm³/mol. The fourth-order valence-corrected chi connectivity index (χ4v) is 3.19. The van der Waals surface area contributed by atoms with Crippen LogP contribution in [-0.4, -0.2) is 40.0 Å². The minimum atomic E-state index is 0.508. The topological polar surface area (TPSA) is 44.4 Å². The lowest BCUT2D eigenvalue weighted by atomic mass is 10.2. The van der Waals surface area contributed by atoms with Crippen molar-refractivity contribution in [2.75, 3.05) is 20.8 Å². The second-order valence-corrected chi connectivity index (χ2v) is 7.16. The van der Waals surface area contributed by atoms with E-state index in [4.69, 9.17) is 26.8 Å². The van der Waals surface area contributed by atoms with Crippen molar-refractivity contribution < 1.29 is 9.47 Å². The Morgan fingerprint density at radius 1 is 1.10 bits per heavy atom. The highest BCUT2D eigenvalue weighted by Crippen LogP contribution is 2.21. The summed E-state index contributed by atoms with van der Waals surface area (Å²) in [7, 11) is 5.64. The van der Waals surface area contributed by atoms with Gasteiger partial charge in [0.15, 0.2) is 10.6 Å². The summed E-state index contributed by atoms with van der Waals surface area (Å²) in [5.74, 6) is 2.48. The van der Waals surface area contributed by atoms with Crippen molar-refractivity contribution in [3.63, 3.8) is 0 Å². The maximum Gasteiger partial charge on any atom is 0.199 e. The Morgan fingerprint density at radius 2 is 1.76 bits per heavy atom. The molecule has 0 unspecified atom stereocenters. The van der Waals surface area contributed by atoms with E-state index >= 15 is 0 Å². The van der Waals surface area contributed by atoms with E-state index in [1.165, 1.54) is 5.56 Å². The smallest absolute Gasteiger partial charge is 0.199 e. The molecule has 0 bridgehead atoms. The van der Waals surface area contributed by atoms with Gasteiger partial charge in [-0.25, -0.2) is 4.68 Å². The summed E-state index contributed by atoms with van der Waals surface area (Å²) >= 11 is 5.59. The Kier molecular flexibility index (Phi) is 6.85. The molecule has 0 aliphatic heterocycles. The first kappa shape index (κ1) is 20.8. The Balaban J connectivity index is 1.69. The average Bonchev–Trinajstić information content (AvgIpc) is 3.01. The maximum absolute atomic E-state index is 5.59. The van der Waals surface area contributed by atoms with Crippen molar-refractivity contribution >= 4 is 12.2 Å². The van der Waals surface area contributed by atoms with E-state index in [1.807, 2.05) is 59.7 Å². The largest absolute Gasteiger partial charge is 0.497 e. The molecule has 3 rings (SSSR count). The summed E-state index contributed by atoms with van der Waals surface area (Å²) in [4.78, 5) is 2.17. The molecule has 1 aromatic heterocycles. The number of hydrogen-bond acceptors (Lipinski definition) is 5. The summed E-state index contributed by atoms with van der Waals surface area (Å²) < 4.78 is 15.2. The van der Waals surface area contributed by atoms with Gasteiger partial charge in [0.2, 0.25) is 0 Å². The molecule has 0 fully saturated rings. The van der Waals surface area contributed by atoms with Crippen LogP contribution in [0.3, 0.4) is 0 Å². The van der Waals surface area contributed by atoms with Crippen molar-refractivity contribution in [1.29, 1.82) is 0 Å². The molecule has 0 saturated heterocycles. The van der Waals surface area contributed by atoms with Crippen molar-refractivity contribution in [3.8, 4) is 22.9 Å². The highest BCUT2D eigenvalue weighted by molar-refractivity contribution is 7.71. The van der Waals surface area contributed by atoms with Gasteiger partial charge >= 0.3 is 0 Å². The van der Waals surface area contributed by atoms with Gasteiger partial charge in [0, 0.05) is 19.2 Å². The van der Waals surface area contributed by atoms with Crippen molar-refractivity contribution in [2.45, 2.75) is 13.2 Å². The third-order valence-electron chi connectivity index (χ3n) is 4.51. The molecule has 152 valence electrons. The quantitative estimate of drug-likeness (QED) is 0.389. The van der Waals surface area contributed by atoms with E-state index in [0.717, 1.165) is 29.4 Å². The van der Waals surface area contributed by atoms with E-state index in [9.17, 15) is 0 Å². The summed E-state index contributed by atoms with van der Waals surface area (Å²) in [6.45, 7) is 5.54. The molecule has 0 atom stereocenters. The van der Waals surface area contributed by atoms with Crippen LogP contribution in [0.2, 0.25) is 0 Å². The van der Waals surface area contributed by atoms with Crippen LogP contribution >= 0.6 is 12.2 Å². The molecule has 0 N–H and O–H groups in total. The molecule has 29 heavy (non-hydrogen) atoms. The maximum atomic E-state index is 5.59. The average molecular weight is 411 g/mol. The molecule has 3 aromatic rings.